The van der Waals surface area contributed by atoms with Gasteiger partial charge in [-0.15, -0.1) is 11.3 Å². The smallest absolute Gasteiger partial charge is 0.244 e. The zero-order chi connectivity index (χ0) is 16.3. The molecule has 0 spiro atoms. The van der Waals surface area contributed by atoms with E-state index >= 15 is 0 Å². The Kier molecular flexibility index (Phi) is 4.73. The molecule has 1 aromatic heterocycles. The van der Waals surface area contributed by atoms with Crippen LogP contribution in [0, 0.1) is 11.3 Å². The van der Waals surface area contributed by atoms with Gasteiger partial charge in [-0.1, -0.05) is 12.1 Å². The first-order chi connectivity index (χ1) is 11.1. The van der Waals surface area contributed by atoms with Crippen LogP contribution in [0.5, 0.6) is 0 Å². The molecular formula is C15H16N4O2S2. The summed E-state index contributed by atoms with van der Waals surface area (Å²) in [6, 6.07) is 8.30. The third kappa shape index (κ3) is 3.43. The molecule has 1 saturated heterocycles. The van der Waals surface area contributed by atoms with Crippen molar-refractivity contribution in [1.29, 1.82) is 5.26 Å². The van der Waals surface area contributed by atoms with Gasteiger partial charge in [0.2, 0.25) is 10.0 Å². The number of benzene rings is 1. The Labute approximate surface area is 139 Å². The van der Waals surface area contributed by atoms with Gasteiger partial charge in [-0.05, 0) is 12.1 Å². The first-order valence-corrected chi connectivity index (χ1v) is 9.53. The highest BCUT2D eigenvalue weighted by Gasteiger charge is 2.30. The van der Waals surface area contributed by atoms with Crippen LogP contribution in [0.15, 0.2) is 40.7 Å². The molecular weight excluding hydrogens is 332 g/mol. The highest BCUT2D eigenvalue weighted by Crippen LogP contribution is 2.21. The Hall–Kier alpha value is -1.79. The van der Waals surface area contributed by atoms with Gasteiger partial charge in [-0.25, -0.2) is 13.4 Å². The van der Waals surface area contributed by atoms with Crippen LogP contribution in [0.25, 0.3) is 0 Å². The van der Waals surface area contributed by atoms with E-state index in [1.165, 1.54) is 16.4 Å². The highest BCUT2D eigenvalue weighted by atomic mass is 32.2. The maximum Gasteiger partial charge on any atom is 0.244 e. The summed E-state index contributed by atoms with van der Waals surface area (Å²) in [6.07, 6.45) is 1.78. The molecule has 1 aromatic carbocycles. The summed E-state index contributed by atoms with van der Waals surface area (Å²) in [7, 11) is -3.62. The van der Waals surface area contributed by atoms with Crippen molar-refractivity contribution >= 4 is 21.4 Å². The fourth-order valence-electron chi connectivity index (χ4n) is 2.57. The summed E-state index contributed by atoms with van der Waals surface area (Å²) < 4.78 is 26.9. The number of piperazine rings is 1. The monoisotopic (exact) mass is 348 g/mol. The number of aromatic nitrogens is 1. The van der Waals surface area contributed by atoms with Crippen LogP contribution in [0.1, 0.15) is 10.6 Å². The number of hydrogen-bond donors (Lipinski definition) is 0. The molecule has 6 nitrogen and oxygen atoms in total. The molecule has 0 unspecified atom stereocenters. The molecule has 0 amide bonds. The average Bonchev–Trinajstić information content (AvgIpc) is 3.08. The number of rotatable bonds is 4. The van der Waals surface area contributed by atoms with Gasteiger partial charge < -0.3 is 0 Å². The molecule has 120 valence electrons. The van der Waals surface area contributed by atoms with Crippen LogP contribution in [0.3, 0.4) is 0 Å². The minimum absolute atomic E-state index is 0.0934. The zero-order valence-corrected chi connectivity index (χ0v) is 14.1. The van der Waals surface area contributed by atoms with Gasteiger partial charge in [-0.3, -0.25) is 4.90 Å². The molecule has 0 N–H and O–H groups in total. The molecule has 0 radical (unpaired) electrons. The van der Waals surface area contributed by atoms with E-state index in [4.69, 9.17) is 5.26 Å². The fraction of sp³-hybridized carbons (Fsp3) is 0.333. The predicted octanol–water partition coefficient (Wildman–Crippen LogP) is 1.52. The van der Waals surface area contributed by atoms with Crippen LogP contribution in [0.4, 0.5) is 0 Å². The third-order valence-corrected chi connectivity index (χ3v) is 6.52. The lowest BCUT2D eigenvalue weighted by Gasteiger charge is -2.33. The second-order valence-corrected chi connectivity index (χ2v) is 8.10. The van der Waals surface area contributed by atoms with Crippen LogP contribution in [-0.4, -0.2) is 48.8 Å². The van der Waals surface area contributed by atoms with Gasteiger partial charge >= 0.3 is 0 Å². The third-order valence-electron chi connectivity index (χ3n) is 3.80. The first kappa shape index (κ1) is 16.1. The lowest BCUT2D eigenvalue weighted by atomic mass is 10.2. The Morgan fingerprint density at radius 2 is 1.96 bits per heavy atom. The van der Waals surface area contributed by atoms with Crippen molar-refractivity contribution in [2.75, 3.05) is 26.2 Å². The topological polar surface area (TPSA) is 77.3 Å². The van der Waals surface area contributed by atoms with E-state index in [2.05, 4.69) is 9.88 Å². The van der Waals surface area contributed by atoms with Crippen LogP contribution in [-0.2, 0) is 16.6 Å². The van der Waals surface area contributed by atoms with E-state index in [1.807, 2.05) is 11.4 Å². The molecule has 23 heavy (non-hydrogen) atoms. The van der Waals surface area contributed by atoms with E-state index in [0.29, 0.717) is 26.2 Å². The van der Waals surface area contributed by atoms with Crippen molar-refractivity contribution in [3.63, 3.8) is 0 Å². The van der Waals surface area contributed by atoms with Crippen LogP contribution >= 0.6 is 11.3 Å². The summed E-state index contributed by atoms with van der Waals surface area (Å²) >= 11 is 1.60. The largest absolute Gasteiger partial charge is 0.294 e. The Bertz CT molecular complexity index is 804. The highest BCUT2D eigenvalue weighted by molar-refractivity contribution is 7.89. The van der Waals surface area contributed by atoms with Crippen molar-refractivity contribution in [3.8, 4) is 6.07 Å². The van der Waals surface area contributed by atoms with Crippen LogP contribution < -0.4 is 0 Å². The van der Waals surface area contributed by atoms with Crippen molar-refractivity contribution in [1.82, 2.24) is 14.2 Å². The SMILES string of the molecule is N#Cc1ccccc1S(=O)(=O)N1CCN(Cc2nccs2)CC1. The minimum Gasteiger partial charge on any atom is -0.294 e. The lowest BCUT2D eigenvalue weighted by molar-refractivity contribution is 0.181. The van der Waals surface area contributed by atoms with Crippen molar-refractivity contribution in [2.45, 2.75) is 11.4 Å². The molecule has 1 aliphatic rings. The van der Waals surface area contributed by atoms with Crippen molar-refractivity contribution in [2.24, 2.45) is 0 Å². The van der Waals surface area contributed by atoms with Gasteiger partial charge in [0.25, 0.3) is 0 Å². The Balaban J connectivity index is 1.70. The standard InChI is InChI=1S/C15H16N4O2S2/c16-11-13-3-1-2-4-14(13)23(20,21)19-8-6-18(7-9-19)12-15-17-5-10-22-15/h1-5,10H,6-9,12H2. The molecule has 1 aliphatic heterocycles. The Morgan fingerprint density at radius 3 is 2.61 bits per heavy atom. The molecule has 3 rings (SSSR count). The zero-order valence-electron chi connectivity index (χ0n) is 12.4. The van der Waals surface area contributed by atoms with Gasteiger partial charge in [0.05, 0.1) is 17.0 Å². The summed E-state index contributed by atoms with van der Waals surface area (Å²) in [4.78, 5) is 6.55. The summed E-state index contributed by atoms with van der Waals surface area (Å²) in [5.41, 5.74) is 0.192. The molecule has 0 aliphatic carbocycles. The minimum atomic E-state index is -3.62. The van der Waals surface area contributed by atoms with E-state index in [-0.39, 0.29) is 10.5 Å². The average molecular weight is 348 g/mol. The molecule has 1 fully saturated rings. The summed E-state index contributed by atoms with van der Waals surface area (Å²) in [6.45, 7) is 2.92. The normalized spacial score (nSPS) is 17.0. The summed E-state index contributed by atoms with van der Waals surface area (Å²) in [5, 5.41) is 12.1. The second-order valence-electron chi connectivity index (χ2n) is 5.21. The lowest BCUT2D eigenvalue weighted by Crippen LogP contribution is -2.48. The number of hydrogen-bond acceptors (Lipinski definition) is 6. The molecule has 0 bridgehead atoms. The van der Waals surface area contributed by atoms with E-state index in [0.717, 1.165) is 11.6 Å². The molecule has 8 heteroatoms. The van der Waals surface area contributed by atoms with Crippen molar-refractivity contribution in [3.05, 3.63) is 46.4 Å². The summed E-state index contributed by atoms with van der Waals surface area (Å²) in [5.74, 6) is 0. The van der Waals surface area contributed by atoms with Gasteiger partial charge in [0.1, 0.15) is 11.1 Å². The number of thiazole rings is 1. The van der Waals surface area contributed by atoms with E-state index < -0.39 is 10.0 Å². The number of nitrogens with zero attached hydrogens (tertiary/aromatic N) is 4. The van der Waals surface area contributed by atoms with Gasteiger partial charge in [0, 0.05) is 37.8 Å². The molecule has 0 saturated carbocycles. The number of nitriles is 1. The van der Waals surface area contributed by atoms with E-state index in [9.17, 15) is 8.42 Å². The first-order valence-electron chi connectivity index (χ1n) is 7.21. The van der Waals surface area contributed by atoms with E-state index in [1.54, 1.807) is 29.7 Å². The fourth-order valence-corrected chi connectivity index (χ4v) is 4.80. The maximum absolute atomic E-state index is 12.7. The molecule has 0 atom stereocenters. The predicted molar refractivity (Wildman–Crippen MR) is 87.3 cm³/mol. The van der Waals surface area contributed by atoms with Crippen LogP contribution in [0.2, 0.25) is 0 Å². The quantitative estimate of drug-likeness (QED) is 0.837. The number of sulfonamides is 1. The van der Waals surface area contributed by atoms with Crippen molar-refractivity contribution < 1.29 is 8.42 Å². The second kappa shape index (κ2) is 6.76. The maximum atomic E-state index is 12.7. The molecule has 2 heterocycles. The van der Waals surface area contributed by atoms with Gasteiger partial charge in [0.15, 0.2) is 0 Å². The Morgan fingerprint density at radius 1 is 1.22 bits per heavy atom. The molecule has 2 aromatic rings. The van der Waals surface area contributed by atoms with Gasteiger partial charge in [-0.2, -0.15) is 9.57 Å².